The quantitative estimate of drug-likeness (QED) is 0.782. The number of aromatic nitrogens is 1. The van der Waals surface area contributed by atoms with Crippen molar-refractivity contribution in [2.45, 2.75) is 32.3 Å². The third-order valence-electron chi connectivity index (χ3n) is 3.22. The zero-order valence-corrected chi connectivity index (χ0v) is 10.3. The zero-order valence-electron chi connectivity index (χ0n) is 10.3. The molecule has 1 atom stereocenters. The van der Waals surface area contributed by atoms with Gasteiger partial charge in [-0.15, -0.1) is 0 Å². The smallest absolute Gasteiger partial charge is 0.132 e. The molecule has 1 aromatic rings. The highest BCUT2D eigenvalue weighted by molar-refractivity contribution is 5.49. The molecule has 1 aromatic heterocycles. The number of hydrogen-bond acceptors (Lipinski definition) is 3. The molecule has 2 rings (SSSR count). The molecule has 3 nitrogen and oxygen atoms in total. The first kappa shape index (κ1) is 11.4. The average molecular weight is 220 g/mol. The van der Waals surface area contributed by atoms with E-state index in [9.17, 15) is 0 Å². The summed E-state index contributed by atoms with van der Waals surface area (Å²) in [7, 11) is 1.79. The zero-order chi connectivity index (χ0) is 11.5. The lowest BCUT2D eigenvalue weighted by molar-refractivity contribution is 0.121. The lowest BCUT2D eigenvalue weighted by Crippen LogP contribution is -2.24. The van der Waals surface area contributed by atoms with E-state index < -0.39 is 0 Å². The van der Waals surface area contributed by atoms with Crippen LogP contribution in [0.3, 0.4) is 0 Å². The molecule has 0 amide bonds. The first-order valence-corrected chi connectivity index (χ1v) is 5.95. The molecule has 1 aliphatic rings. The summed E-state index contributed by atoms with van der Waals surface area (Å²) >= 11 is 0. The van der Waals surface area contributed by atoms with Crippen LogP contribution >= 0.6 is 0 Å². The molecular formula is C13H20N2O. The summed E-state index contributed by atoms with van der Waals surface area (Å²) in [6, 6.07) is 4.19. The number of pyridine rings is 1. The van der Waals surface area contributed by atoms with Gasteiger partial charge in [0.2, 0.25) is 0 Å². The Balaban J connectivity index is 2.20. The van der Waals surface area contributed by atoms with Crippen LogP contribution in [0, 0.1) is 0 Å². The second-order valence-electron chi connectivity index (χ2n) is 4.66. The summed E-state index contributed by atoms with van der Waals surface area (Å²) in [5, 5.41) is 0. The van der Waals surface area contributed by atoms with Crippen molar-refractivity contribution in [1.82, 2.24) is 4.98 Å². The minimum atomic E-state index is 0.363. The highest BCUT2D eigenvalue weighted by Crippen LogP contribution is 2.28. The molecule has 3 heteroatoms. The van der Waals surface area contributed by atoms with Crippen LogP contribution in [-0.4, -0.2) is 31.3 Å². The largest absolute Gasteiger partial charge is 0.380 e. The molecule has 1 fully saturated rings. The number of rotatable bonds is 3. The Hall–Kier alpha value is -1.09. The molecule has 0 aliphatic carbocycles. The highest BCUT2D eigenvalue weighted by Gasteiger charge is 2.25. The van der Waals surface area contributed by atoms with Gasteiger partial charge in [0.25, 0.3) is 0 Å². The van der Waals surface area contributed by atoms with Crippen molar-refractivity contribution in [1.29, 1.82) is 0 Å². The van der Waals surface area contributed by atoms with Crippen molar-refractivity contribution < 1.29 is 4.74 Å². The van der Waals surface area contributed by atoms with Crippen LogP contribution < -0.4 is 4.90 Å². The normalized spacial score (nSPS) is 20.8. The molecule has 1 saturated heterocycles. The second kappa shape index (κ2) is 4.83. The van der Waals surface area contributed by atoms with Gasteiger partial charge in [0.1, 0.15) is 5.82 Å². The van der Waals surface area contributed by atoms with E-state index in [4.69, 9.17) is 4.74 Å². The number of hydrogen-bond donors (Lipinski definition) is 0. The monoisotopic (exact) mass is 220 g/mol. The van der Waals surface area contributed by atoms with E-state index >= 15 is 0 Å². The van der Waals surface area contributed by atoms with E-state index in [0.717, 1.165) is 25.3 Å². The number of nitrogens with zero attached hydrogens (tertiary/aromatic N) is 2. The van der Waals surface area contributed by atoms with Crippen LogP contribution in [0.2, 0.25) is 0 Å². The lowest BCUT2D eigenvalue weighted by Gasteiger charge is -2.21. The number of methoxy groups -OCH3 is 1. The van der Waals surface area contributed by atoms with Gasteiger partial charge in [-0.05, 0) is 24.0 Å². The first-order valence-electron chi connectivity index (χ1n) is 5.95. The van der Waals surface area contributed by atoms with Gasteiger partial charge >= 0.3 is 0 Å². The minimum absolute atomic E-state index is 0.363. The molecule has 1 aliphatic heterocycles. The van der Waals surface area contributed by atoms with Gasteiger partial charge in [-0.2, -0.15) is 0 Å². The maximum absolute atomic E-state index is 5.39. The van der Waals surface area contributed by atoms with E-state index in [0.29, 0.717) is 12.0 Å². The molecule has 0 radical (unpaired) electrons. The maximum Gasteiger partial charge on any atom is 0.132 e. The molecular weight excluding hydrogens is 200 g/mol. The molecule has 0 spiro atoms. The van der Waals surface area contributed by atoms with Crippen LogP contribution in [0.25, 0.3) is 0 Å². The molecule has 2 heterocycles. The standard InChI is InChI=1S/C13H20N2O/c1-10(2)12-5-4-7-14-13(12)15-8-6-11(9-15)16-3/h4-5,7,10-11H,6,8-9H2,1-3H3/t11-/m0/s1. The molecule has 0 saturated carbocycles. The fraction of sp³-hybridized carbons (Fsp3) is 0.615. The Morgan fingerprint density at radius 2 is 2.31 bits per heavy atom. The van der Waals surface area contributed by atoms with Gasteiger partial charge in [-0.25, -0.2) is 4.98 Å². The van der Waals surface area contributed by atoms with Gasteiger partial charge in [-0.1, -0.05) is 19.9 Å². The van der Waals surface area contributed by atoms with Crippen molar-refractivity contribution in [3.63, 3.8) is 0 Å². The van der Waals surface area contributed by atoms with Gasteiger partial charge in [-0.3, -0.25) is 0 Å². The summed E-state index contributed by atoms with van der Waals surface area (Å²) in [5.41, 5.74) is 1.33. The van der Waals surface area contributed by atoms with Crippen molar-refractivity contribution in [3.05, 3.63) is 23.9 Å². The fourth-order valence-electron chi connectivity index (χ4n) is 2.24. The summed E-state index contributed by atoms with van der Waals surface area (Å²) in [6.07, 6.45) is 3.34. The van der Waals surface area contributed by atoms with Gasteiger partial charge in [0.15, 0.2) is 0 Å². The third kappa shape index (κ3) is 2.19. The maximum atomic E-state index is 5.39. The molecule has 0 bridgehead atoms. The van der Waals surface area contributed by atoms with Crippen molar-refractivity contribution >= 4 is 5.82 Å². The first-order chi connectivity index (χ1) is 7.72. The van der Waals surface area contributed by atoms with Gasteiger partial charge in [0.05, 0.1) is 6.10 Å². The number of ether oxygens (including phenoxy) is 1. The second-order valence-corrected chi connectivity index (χ2v) is 4.66. The Morgan fingerprint density at radius 1 is 1.50 bits per heavy atom. The Morgan fingerprint density at radius 3 is 2.94 bits per heavy atom. The van der Waals surface area contributed by atoms with E-state index in [1.54, 1.807) is 7.11 Å². The highest BCUT2D eigenvalue weighted by atomic mass is 16.5. The van der Waals surface area contributed by atoms with Crippen molar-refractivity contribution in [2.75, 3.05) is 25.1 Å². The van der Waals surface area contributed by atoms with Crippen LogP contribution in [0.1, 0.15) is 31.7 Å². The Bertz CT molecular complexity index is 352. The molecule has 88 valence electrons. The van der Waals surface area contributed by atoms with Crippen LogP contribution in [-0.2, 0) is 4.74 Å². The molecule has 0 unspecified atom stereocenters. The summed E-state index contributed by atoms with van der Waals surface area (Å²) in [5.74, 6) is 1.65. The molecule has 0 aromatic carbocycles. The minimum Gasteiger partial charge on any atom is -0.380 e. The van der Waals surface area contributed by atoms with Crippen molar-refractivity contribution in [2.24, 2.45) is 0 Å². The molecule has 0 N–H and O–H groups in total. The van der Waals surface area contributed by atoms with Crippen LogP contribution in [0.15, 0.2) is 18.3 Å². The van der Waals surface area contributed by atoms with Crippen LogP contribution in [0.5, 0.6) is 0 Å². The summed E-state index contributed by atoms with van der Waals surface area (Å²) in [4.78, 5) is 6.86. The average Bonchev–Trinajstić information content (AvgIpc) is 2.77. The molecule has 16 heavy (non-hydrogen) atoms. The summed E-state index contributed by atoms with van der Waals surface area (Å²) in [6.45, 7) is 6.44. The SMILES string of the molecule is CO[C@H]1CCN(c2ncccc2C(C)C)C1. The van der Waals surface area contributed by atoms with Crippen molar-refractivity contribution in [3.8, 4) is 0 Å². The third-order valence-corrected chi connectivity index (χ3v) is 3.22. The predicted molar refractivity (Wildman–Crippen MR) is 66.0 cm³/mol. The van der Waals surface area contributed by atoms with Gasteiger partial charge in [0, 0.05) is 26.4 Å². The fourth-order valence-corrected chi connectivity index (χ4v) is 2.24. The van der Waals surface area contributed by atoms with E-state index in [-0.39, 0.29) is 0 Å². The van der Waals surface area contributed by atoms with E-state index in [2.05, 4.69) is 29.8 Å². The topological polar surface area (TPSA) is 25.4 Å². The predicted octanol–water partition coefficient (Wildman–Crippen LogP) is 2.43. The van der Waals surface area contributed by atoms with E-state index in [1.165, 1.54) is 5.56 Å². The summed E-state index contributed by atoms with van der Waals surface area (Å²) < 4.78 is 5.39. The van der Waals surface area contributed by atoms with E-state index in [1.807, 2.05) is 12.3 Å². The number of anilines is 1. The van der Waals surface area contributed by atoms with Gasteiger partial charge < -0.3 is 9.64 Å². The van der Waals surface area contributed by atoms with Crippen LogP contribution in [0.4, 0.5) is 5.82 Å². The lowest BCUT2D eigenvalue weighted by atomic mass is 10.0. The Labute approximate surface area is 97.4 Å². The Kier molecular flexibility index (Phi) is 3.44.